The number of hydrogen-bond donors (Lipinski definition) is 0. The smallest absolute Gasteiger partial charge is 0.0642 e. The van der Waals surface area contributed by atoms with Crippen LogP contribution in [0.2, 0.25) is 5.02 Å². The molecule has 2 heterocycles. The molecule has 2 aliphatic heterocycles. The second-order valence-corrected chi connectivity index (χ2v) is 9.78. The van der Waals surface area contributed by atoms with Crippen LogP contribution in [0.5, 0.6) is 0 Å². The van der Waals surface area contributed by atoms with Crippen LogP contribution in [0, 0.1) is 0 Å². The second kappa shape index (κ2) is 9.22. The van der Waals surface area contributed by atoms with Crippen LogP contribution >= 0.6 is 11.6 Å². The first-order valence-corrected chi connectivity index (χ1v) is 11.8. The molecule has 2 aromatic rings. The molecule has 31 heavy (non-hydrogen) atoms. The van der Waals surface area contributed by atoms with Crippen molar-refractivity contribution in [1.29, 1.82) is 0 Å². The van der Waals surface area contributed by atoms with Gasteiger partial charge in [0, 0.05) is 48.3 Å². The predicted octanol–water partition coefficient (Wildman–Crippen LogP) is 6.43. The van der Waals surface area contributed by atoms with Gasteiger partial charge in [-0.3, -0.25) is 4.99 Å². The van der Waals surface area contributed by atoms with E-state index in [-0.39, 0.29) is 5.54 Å². The fourth-order valence-electron chi connectivity index (χ4n) is 4.98. The molecule has 0 radical (unpaired) electrons. The lowest BCUT2D eigenvalue weighted by atomic mass is 9.79. The number of rotatable bonds is 5. The number of hydrogen-bond acceptors (Lipinski definition) is 4. The fourth-order valence-corrected chi connectivity index (χ4v) is 5.19. The monoisotopic (exact) mass is 439 g/mol. The van der Waals surface area contributed by atoms with E-state index in [4.69, 9.17) is 21.3 Å². The van der Waals surface area contributed by atoms with E-state index in [0.29, 0.717) is 5.92 Å². The molecule has 2 aliphatic rings. The average Bonchev–Trinajstić information content (AvgIpc) is 2.76. The Morgan fingerprint density at radius 3 is 2.55 bits per heavy atom. The number of fused-ring (bicyclic) bond motifs is 1. The second-order valence-electron chi connectivity index (χ2n) is 9.38. The third kappa shape index (κ3) is 4.75. The summed E-state index contributed by atoms with van der Waals surface area (Å²) in [6, 6.07) is 12.8. The Morgan fingerprint density at radius 1 is 1.16 bits per heavy atom. The summed E-state index contributed by atoms with van der Waals surface area (Å²) < 4.78 is 5.44. The van der Waals surface area contributed by atoms with Crippen molar-refractivity contribution in [2.45, 2.75) is 52.0 Å². The predicted molar refractivity (Wildman–Crippen MR) is 133 cm³/mol. The van der Waals surface area contributed by atoms with E-state index in [1.165, 1.54) is 16.9 Å². The van der Waals surface area contributed by atoms with Crippen LogP contribution in [0.15, 0.2) is 41.4 Å². The Balaban J connectivity index is 1.57. The molecule has 1 atom stereocenters. The zero-order valence-corrected chi connectivity index (χ0v) is 20.0. The number of nitrogens with zero attached hydrogens (tertiary/aromatic N) is 3. The topological polar surface area (TPSA) is 28.1 Å². The Labute approximate surface area is 191 Å². The molecule has 2 aromatic carbocycles. The highest BCUT2D eigenvalue weighted by Gasteiger charge is 2.36. The minimum atomic E-state index is 0.142. The number of morpholine rings is 1. The van der Waals surface area contributed by atoms with Crippen LogP contribution in [-0.4, -0.2) is 44.6 Å². The van der Waals surface area contributed by atoms with Gasteiger partial charge in [0.2, 0.25) is 0 Å². The zero-order valence-electron chi connectivity index (χ0n) is 19.2. The van der Waals surface area contributed by atoms with Crippen LogP contribution in [0.3, 0.4) is 0 Å². The summed E-state index contributed by atoms with van der Waals surface area (Å²) in [5.41, 5.74) is 5.95. The van der Waals surface area contributed by atoms with Crippen LogP contribution in [0.1, 0.15) is 57.6 Å². The van der Waals surface area contributed by atoms with E-state index in [0.717, 1.165) is 62.0 Å². The lowest BCUT2D eigenvalue weighted by Gasteiger charge is -2.47. The van der Waals surface area contributed by atoms with E-state index in [1.807, 2.05) is 6.21 Å². The molecule has 0 spiro atoms. The molecule has 0 N–H and O–H groups in total. The molecule has 0 aromatic heterocycles. The highest BCUT2D eigenvalue weighted by molar-refractivity contribution is 6.33. The van der Waals surface area contributed by atoms with E-state index in [1.54, 1.807) is 0 Å². The third-order valence-corrected chi connectivity index (χ3v) is 6.86. The first kappa shape index (κ1) is 22.2. The minimum Gasteiger partial charge on any atom is -0.378 e. The summed E-state index contributed by atoms with van der Waals surface area (Å²) in [5.74, 6) is 0.496. The van der Waals surface area contributed by atoms with Gasteiger partial charge in [0.05, 0.1) is 23.9 Å². The molecule has 4 rings (SSSR count). The summed E-state index contributed by atoms with van der Waals surface area (Å²) in [7, 11) is 0. The van der Waals surface area contributed by atoms with E-state index < -0.39 is 0 Å². The van der Waals surface area contributed by atoms with E-state index >= 15 is 0 Å². The lowest BCUT2D eigenvalue weighted by Crippen LogP contribution is -2.48. The zero-order chi connectivity index (χ0) is 22.0. The SMILES string of the molecule is CCCN1c2cc(Cl)c(C=Nc3ccc(N4CCOCC4)cc3)cc2C(C)CC1(C)C. The first-order valence-electron chi connectivity index (χ1n) is 11.5. The number of benzene rings is 2. The molecule has 0 amide bonds. The van der Waals surface area contributed by atoms with Crippen molar-refractivity contribution in [3.05, 3.63) is 52.5 Å². The Kier molecular flexibility index (Phi) is 6.59. The maximum absolute atomic E-state index is 6.72. The molecule has 4 nitrogen and oxygen atoms in total. The van der Waals surface area contributed by atoms with Gasteiger partial charge >= 0.3 is 0 Å². The van der Waals surface area contributed by atoms with Gasteiger partial charge in [-0.05, 0) is 74.6 Å². The van der Waals surface area contributed by atoms with Crippen LogP contribution < -0.4 is 9.80 Å². The molecule has 1 fully saturated rings. The number of aliphatic imine (C=N–C) groups is 1. The molecule has 0 bridgehead atoms. The van der Waals surface area contributed by atoms with Crippen LogP contribution in [-0.2, 0) is 4.74 Å². The largest absolute Gasteiger partial charge is 0.378 e. The standard InChI is InChI=1S/C26H34ClN3O/c1-5-10-30-25-16-24(27)20(15-23(25)19(2)17-26(30,3)4)18-28-21-6-8-22(9-7-21)29-11-13-31-14-12-29/h6-9,15-16,18-19H,5,10-14,17H2,1-4H3. The first-order chi connectivity index (χ1) is 14.9. The summed E-state index contributed by atoms with van der Waals surface area (Å²) in [4.78, 5) is 9.59. The quantitative estimate of drug-likeness (QED) is 0.502. The van der Waals surface area contributed by atoms with Crippen molar-refractivity contribution in [3.63, 3.8) is 0 Å². The van der Waals surface area contributed by atoms with Crippen molar-refractivity contribution in [3.8, 4) is 0 Å². The molecular weight excluding hydrogens is 406 g/mol. The Morgan fingerprint density at radius 2 is 1.87 bits per heavy atom. The van der Waals surface area contributed by atoms with Crippen molar-refractivity contribution >= 4 is 34.9 Å². The maximum Gasteiger partial charge on any atom is 0.0642 e. The van der Waals surface area contributed by atoms with Crippen LogP contribution in [0.25, 0.3) is 0 Å². The number of halogens is 1. The fraction of sp³-hybridized carbons (Fsp3) is 0.500. The van der Waals surface area contributed by atoms with Gasteiger partial charge in [-0.15, -0.1) is 0 Å². The highest BCUT2D eigenvalue weighted by Crippen LogP contribution is 2.45. The van der Waals surface area contributed by atoms with Gasteiger partial charge in [0.15, 0.2) is 0 Å². The summed E-state index contributed by atoms with van der Waals surface area (Å²) in [6.45, 7) is 13.8. The minimum absolute atomic E-state index is 0.142. The lowest BCUT2D eigenvalue weighted by molar-refractivity contribution is 0.122. The van der Waals surface area contributed by atoms with Crippen molar-refractivity contribution < 1.29 is 4.74 Å². The van der Waals surface area contributed by atoms with Gasteiger partial charge in [-0.1, -0.05) is 25.4 Å². The van der Waals surface area contributed by atoms with Gasteiger partial charge in [0.1, 0.15) is 0 Å². The van der Waals surface area contributed by atoms with Gasteiger partial charge in [0.25, 0.3) is 0 Å². The van der Waals surface area contributed by atoms with E-state index in [9.17, 15) is 0 Å². The Bertz CT molecular complexity index is 932. The van der Waals surface area contributed by atoms with E-state index in [2.05, 4.69) is 73.9 Å². The normalized spacial score (nSPS) is 20.9. The molecule has 166 valence electrons. The average molecular weight is 440 g/mol. The summed E-state index contributed by atoms with van der Waals surface area (Å²) >= 11 is 6.72. The molecule has 5 heteroatoms. The van der Waals surface area contributed by atoms with Crippen molar-refractivity contribution in [2.24, 2.45) is 4.99 Å². The Hall–Kier alpha value is -2.04. The van der Waals surface area contributed by atoms with Gasteiger partial charge in [-0.25, -0.2) is 0 Å². The van der Waals surface area contributed by atoms with Gasteiger partial charge < -0.3 is 14.5 Å². The molecule has 0 saturated carbocycles. The summed E-state index contributed by atoms with van der Waals surface area (Å²) in [5, 5.41) is 0.762. The molecular formula is C26H34ClN3O. The number of ether oxygens (including phenoxy) is 1. The van der Waals surface area contributed by atoms with Crippen molar-refractivity contribution in [1.82, 2.24) is 0 Å². The van der Waals surface area contributed by atoms with Crippen molar-refractivity contribution in [2.75, 3.05) is 42.6 Å². The number of anilines is 2. The van der Waals surface area contributed by atoms with Gasteiger partial charge in [-0.2, -0.15) is 0 Å². The highest BCUT2D eigenvalue weighted by atomic mass is 35.5. The molecule has 1 saturated heterocycles. The molecule has 1 unspecified atom stereocenters. The summed E-state index contributed by atoms with van der Waals surface area (Å²) in [6.07, 6.45) is 4.17. The molecule has 0 aliphatic carbocycles. The van der Waals surface area contributed by atoms with Crippen LogP contribution in [0.4, 0.5) is 17.1 Å². The third-order valence-electron chi connectivity index (χ3n) is 6.53. The maximum atomic E-state index is 6.72.